The summed E-state index contributed by atoms with van der Waals surface area (Å²) in [6, 6.07) is -2.57. The van der Waals surface area contributed by atoms with Crippen molar-refractivity contribution in [3.05, 3.63) is 0 Å². The Hall–Kier alpha value is 0.170. The molecule has 1 nitrogen and oxygen atoms in total. The van der Waals surface area contributed by atoms with Crippen molar-refractivity contribution in [1.29, 1.82) is 0 Å². The van der Waals surface area contributed by atoms with Crippen LogP contribution >= 0.6 is 11.8 Å². The maximum atomic E-state index is 13.2. The van der Waals surface area contributed by atoms with Gasteiger partial charge in [-0.25, -0.2) is 4.90 Å². The minimum atomic E-state index is -2.57. The Balaban J connectivity index is 2.54. The van der Waals surface area contributed by atoms with E-state index in [1.807, 2.05) is 6.26 Å². The van der Waals surface area contributed by atoms with Gasteiger partial charge in [-0.3, -0.25) is 0 Å². The topological polar surface area (TPSA) is 3.24 Å². The van der Waals surface area contributed by atoms with Crippen molar-refractivity contribution < 1.29 is 8.78 Å². The molecule has 1 fully saturated rings. The van der Waals surface area contributed by atoms with Gasteiger partial charge in [0.1, 0.15) is 0 Å². The van der Waals surface area contributed by atoms with Crippen molar-refractivity contribution in [3.8, 4) is 0 Å². The number of thioether (sulfide) groups is 1. The number of halogens is 2. The highest BCUT2D eigenvalue weighted by Crippen LogP contribution is 2.35. The van der Waals surface area contributed by atoms with Gasteiger partial charge in [-0.2, -0.15) is 20.5 Å². The summed E-state index contributed by atoms with van der Waals surface area (Å²) in [6.45, 7) is 2.77. The number of piperidine rings is 1. The molecule has 0 N–H and O–H groups in total. The van der Waals surface area contributed by atoms with E-state index in [0.29, 0.717) is 13.1 Å². The Labute approximate surface area is 76.5 Å². The van der Waals surface area contributed by atoms with Crippen LogP contribution in [0.25, 0.3) is 0 Å². The molecule has 1 heterocycles. The number of alkyl halides is 2. The minimum Gasteiger partial charge on any atom is -0.245 e. The summed E-state index contributed by atoms with van der Waals surface area (Å²) in [4.78, 5) is 1.26. The predicted molar refractivity (Wildman–Crippen MR) is 48.7 cm³/mol. The molecule has 0 amide bonds. The molecule has 0 aromatic carbocycles. The van der Waals surface area contributed by atoms with Crippen molar-refractivity contribution >= 4 is 11.8 Å². The van der Waals surface area contributed by atoms with E-state index in [1.165, 1.54) is 4.90 Å². The SMILES string of the molecule is CCN1CCC(SC)CC1(F)F. The van der Waals surface area contributed by atoms with E-state index < -0.39 is 6.05 Å². The van der Waals surface area contributed by atoms with Crippen molar-refractivity contribution in [2.45, 2.75) is 31.1 Å². The Morgan fingerprint density at radius 2 is 2.25 bits per heavy atom. The standard InChI is InChI=1S/C8H15F2NS/c1-3-11-5-4-7(12-2)6-8(11,9)10/h7H,3-6H2,1-2H3. The molecule has 1 aliphatic rings. The second kappa shape index (κ2) is 3.92. The largest absolute Gasteiger partial charge is 0.305 e. The van der Waals surface area contributed by atoms with Gasteiger partial charge < -0.3 is 0 Å². The van der Waals surface area contributed by atoms with Crippen LogP contribution in [-0.2, 0) is 0 Å². The molecule has 0 saturated carbocycles. The van der Waals surface area contributed by atoms with Gasteiger partial charge in [0.25, 0.3) is 0 Å². The van der Waals surface area contributed by atoms with Crippen LogP contribution in [0.4, 0.5) is 8.78 Å². The fourth-order valence-electron chi connectivity index (χ4n) is 1.56. The maximum Gasteiger partial charge on any atom is 0.305 e. The summed E-state index contributed by atoms with van der Waals surface area (Å²) in [5.74, 6) is 0. The fourth-order valence-corrected chi connectivity index (χ4v) is 2.27. The average Bonchev–Trinajstić information content (AvgIpc) is 2.02. The predicted octanol–water partition coefficient (Wildman–Crippen LogP) is 2.43. The van der Waals surface area contributed by atoms with Gasteiger partial charge in [0.15, 0.2) is 0 Å². The van der Waals surface area contributed by atoms with Crippen LogP contribution in [0.15, 0.2) is 0 Å². The zero-order chi connectivity index (χ0) is 9.19. The van der Waals surface area contributed by atoms with Crippen LogP contribution in [0.2, 0.25) is 0 Å². The summed E-state index contributed by atoms with van der Waals surface area (Å²) in [7, 11) is 0. The van der Waals surface area contributed by atoms with Gasteiger partial charge in [-0.15, -0.1) is 0 Å². The monoisotopic (exact) mass is 195 g/mol. The number of nitrogens with zero attached hydrogens (tertiary/aromatic N) is 1. The van der Waals surface area contributed by atoms with E-state index in [0.717, 1.165) is 6.42 Å². The van der Waals surface area contributed by atoms with E-state index in [9.17, 15) is 8.78 Å². The average molecular weight is 195 g/mol. The highest BCUT2D eigenvalue weighted by Gasteiger charge is 2.41. The zero-order valence-corrected chi connectivity index (χ0v) is 8.33. The molecule has 1 rings (SSSR count). The smallest absolute Gasteiger partial charge is 0.245 e. The van der Waals surface area contributed by atoms with Crippen LogP contribution in [0.5, 0.6) is 0 Å². The molecule has 1 aliphatic heterocycles. The molecule has 4 heteroatoms. The first-order valence-corrected chi connectivity index (χ1v) is 5.54. The Morgan fingerprint density at radius 3 is 2.67 bits per heavy atom. The zero-order valence-electron chi connectivity index (χ0n) is 7.52. The Bertz CT molecular complexity index is 152. The molecular weight excluding hydrogens is 180 g/mol. The summed E-state index contributed by atoms with van der Waals surface area (Å²) in [6.07, 6.45) is 2.81. The molecule has 1 unspecified atom stereocenters. The van der Waals surface area contributed by atoms with E-state index in [-0.39, 0.29) is 11.7 Å². The van der Waals surface area contributed by atoms with Gasteiger partial charge in [0.2, 0.25) is 0 Å². The lowest BCUT2D eigenvalue weighted by Crippen LogP contribution is -2.48. The first-order valence-electron chi connectivity index (χ1n) is 4.26. The molecule has 0 bridgehead atoms. The van der Waals surface area contributed by atoms with E-state index in [2.05, 4.69) is 0 Å². The Kier molecular flexibility index (Phi) is 3.35. The highest BCUT2D eigenvalue weighted by molar-refractivity contribution is 7.99. The van der Waals surface area contributed by atoms with Gasteiger partial charge in [0.05, 0.1) is 0 Å². The first-order chi connectivity index (χ1) is 5.60. The van der Waals surface area contributed by atoms with Crippen molar-refractivity contribution in [3.63, 3.8) is 0 Å². The minimum absolute atomic E-state index is 0.0159. The number of rotatable bonds is 2. The molecule has 0 aromatic rings. The molecule has 1 atom stereocenters. The van der Waals surface area contributed by atoms with E-state index in [1.54, 1.807) is 18.7 Å². The van der Waals surface area contributed by atoms with E-state index in [4.69, 9.17) is 0 Å². The quantitative estimate of drug-likeness (QED) is 0.623. The Morgan fingerprint density at radius 1 is 1.58 bits per heavy atom. The number of hydrogen-bond acceptors (Lipinski definition) is 2. The van der Waals surface area contributed by atoms with Crippen molar-refractivity contribution in [2.75, 3.05) is 19.3 Å². The van der Waals surface area contributed by atoms with E-state index >= 15 is 0 Å². The molecule has 0 spiro atoms. The van der Waals surface area contributed by atoms with Gasteiger partial charge in [-0.05, 0) is 12.7 Å². The molecule has 0 aromatic heterocycles. The van der Waals surface area contributed by atoms with Crippen molar-refractivity contribution in [1.82, 2.24) is 4.90 Å². The van der Waals surface area contributed by atoms with Crippen LogP contribution in [-0.4, -0.2) is 35.5 Å². The van der Waals surface area contributed by atoms with Crippen molar-refractivity contribution in [2.24, 2.45) is 0 Å². The molecular formula is C8H15F2NS. The number of hydrogen-bond donors (Lipinski definition) is 0. The second-order valence-electron chi connectivity index (χ2n) is 3.10. The van der Waals surface area contributed by atoms with Gasteiger partial charge in [-0.1, -0.05) is 6.92 Å². The summed E-state index contributed by atoms with van der Waals surface area (Å²) in [5, 5.41) is 0.141. The van der Waals surface area contributed by atoms with Crippen LogP contribution in [0.3, 0.4) is 0 Å². The fraction of sp³-hybridized carbons (Fsp3) is 1.00. The third-order valence-corrected chi connectivity index (χ3v) is 3.44. The van der Waals surface area contributed by atoms with Gasteiger partial charge >= 0.3 is 6.05 Å². The van der Waals surface area contributed by atoms with Gasteiger partial charge in [0, 0.05) is 24.8 Å². The molecule has 12 heavy (non-hydrogen) atoms. The molecule has 0 aliphatic carbocycles. The third kappa shape index (κ3) is 2.10. The molecule has 72 valence electrons. The summed E-state index contributed by atoms with van der Waals surface area (Å²) < 4.78 is 26.4. The lowest BCUT2D eigenvalue weighted by atomic mass is 10.1. The van der Waals surface area contributed by atoms with Crippen LogP contribution in [0, 0.1) is 0 Å². The molecule has 0 radical (unpaired) electrons. The summed E-state index contributed by atoms with van der Waals surface area (Å²) >= 11 is 1.55. The normalized spacial score (nSPS) is 30.5. The summed E-state index contributed by atoms with van der Waals surface area (Å²) in [5.41, 5.74) is 0. The second-order valence-corrected chi connectivity index (χ2v) is 4.23. The van der Waals surface area contributed by atoms with Crippen LogP contribution in [0.1, 0.15) is 19.8 Å². The molecule has 1 saturated heterocycles. The highest BCUT2D eigenvalue weighted by atomic mass is 32.2. The third-order valence-electron chi connectivity index (χ3n) is 2.37. The number of likely N-dealkylation sites (tertiary alicyclic amines) is 1. The van der Waals surface area contributed by atoms with Crippen LogP contribution < -0.4 is 0 Å². The first kappa shape index (κ1) is 10.3. The lowest BCUT2D eigenvalue weighted by Gasteiger charge is -2.37. The lowest BCUT2D eigenvalue weighted by molar-refractivity contribution is -0.163. The maximum absolute atomic E-state index is 13.2.